The molecule has 3 rings (SSSR count). The minimum absolute atomic E-state index is 0.222. The highest BCUT2D eigenvalue weighted by molar-refractivity contribution is 6.00. The van der Waals surface area contributed by atoms with Crippen molar-refractivity contribution in [3.63, 3.8) is 0 Å². The first-order chi connectivity index (χ1) is 14.0. The van der Waals surface area contributed by atoms with E-state index >= 15 is 0 Å². The van der Waals surface area contributed by atoms with Crippen LogP contribution in [0.25, 0.3) is 11.1 Å². The summed E-state index contributed by atoms with van der Waals surface area (Å²) in [6, 6.07) is 22.8. The average Bonchev–Trinajstić information content (AvgIpc) is 2.74. The molecule has 0 aliphatic heterocycles. The number of nitrogens with two attached hydrogens (primary N) is 1. The van der Waals surface area contributed by atoms with Crippen molar-refractivity contribution in [2.45, 2.75) is 13.0 Å². The van der Waals surface area contributed by atoms with Gasteiger partial charge in [0.05, 0.1) is 5.56 Å². The number of nitrogens with one attached hydrogen (secondary N) is 1. The van der Waals surface area contributed by atoms with Crippen molar-refractivity contribution in [3.05, 3.63) is 90.0 Å². The Morgan fingerprint density at radius 3 is 2.07 bits per heavy atom. The first-order valence-corrected chi connectivity index (χ1v) is 9.02. The summed E-state index contributed by atoms with van der Waals surface area (Å²) in [6.45, 7) is 1.50. The molecule has 1 unspecified atom stereocenters. The lowest BCUT2D eigenvalue weighted by atomic mass is 10.0. The summed E-state index contributed by atoms with van der Waals surface area (Å²) in [5.74, 6) is -1.70. The van der Waals surface area contributed by atoms with Crippen LogP contribution in [0.1, 0.15) is 27.6 Å². The Morgan fingerprint density at radius 2 is 1.41 bits per heavy atom. The van der Waals surface area contributed by atoms with Crippen LogP contribution in [0.5, 0.6) is 0 Å². The number of carbonyl (C=O) groups is 3. The van der Waals surface area contributed by atoms with Gasteiger partial charge in [-0.25, -0.2) is 4.79 Å². The van der Waals surface area contributed by atoms with Crippen LogP contribution >= 0.6 is 0 Å². The number of hydrogen-bond donors (Lipinski definition) is 2. The predicted molar refractivity (Wildman–Crippen MR) is 110 cm³/mol. The fourth-order valence-corrected chi connectivity index (χ4v) is 2.75. The van der Waals surface area contributed by atoms with Gasteiger partial charge in [-0.15, -0.1) is 0 Å². The second-order valence-electron chi connectivity index (χ2n) is 6.39. The maximum absolute atomic E-state index is 12.6. The SMILES string of the molecule is CC(OC(=O)c1ccc(C(N)=O)cc1)C(=O)Nc1ccccc1-c1ccccc1. The van der Waals surface area contributed by atoms with Crippen molar-refractivity contribution < 1.29 is 19.1 Å². The molecule has 3 N–H and O–H groups in total. The molecular formula is C23H20N2O4. The van der Waals surface area contributed by atoms with E-state index in [9.17, 15) is 14.4 Å². The van der Waals surface area contributed by atoms with Crippen LogP contribution in [0, 0.1) is 0 Å². The third kappa shape index (κ3) is 4.87. The first kappa shape index (κ1) is 19.8. The monoisotopic (exact) mass is 388 g/mol. The Bertz CT molecular complexity index is 1030. The van der Waals surface area contributed by atoms with E-state index < -0.39 is 23.9 Å². The zero-order valence-electron chi connectivity index (χ0n) is 15.8. The van der Waals surface area contributed by atoms with E-state index in [0.717, 1.165) is 11.1 Å². The number of benzene rings is 3. The third-order valence-electron chi connectivity index (χ3n) is 4.33. The fourth-order valence-electron chi connectivity index (χ4n) is 2.75. The van der Waals surface area contributed by atoms with E-state index in [1.807, 2.05) is 48.5 Å². The van der Waals surface area contributed by atoms with Crippen molar-refractivity contribution in [3.8, 4) is 11.1 Å². The molecule has 6 heteroatoms. The van der Waals surface area contributed by atoms with Crippen LogP contribution < -0.4 is 11.1 Å². The summed E-state index contributed by atoms with van der Waals surface area (Å²) in [7, 11) is 0. The number of esters is 1. The molecule has 2 amide bonds. The van der Waals surface area contributed by atoms with Gasteiger partial charge in [-0.05, 0) is 42.8 Å². The molecule has 0 saturated heterocycles. The number of amides is 2. The molecule has 3 aromatic carbocycles. The summed E-state index contributed by atoms with van der Waals surface area (Å²) in [5, 5.41) is 2.81. The Morgan fingerprint density at radius 1 is 0.828 bits per heavy atom. The van der Waals surface area contributed by atoms with Gasteiger partial charge in [0.15, 0.2) is 6.10 Å². The Labute approximate surface area is 168 Å². The molecule has 0 aliphatic carbocycles. The number of ether oxygens (including phenoxy) is 1. The van der Waals surface area contributed by atoms with Crippen LogP contribution in [0.3, 0.4) is 0 Å². The van der Waals surface area contributed by atoms with Gasteiger partial charge in [0.1, 0.15) is 0 Å². The average molecular weight is 388 g/mol. The van der Waals surface area contributed by atoms with E-state index in [-0.39, 0.29) is 11.1 Å². The summed E-state index contributed by atoms with van der Waals surface area (Å²) in [6.07, 6.45) is -1.01. The normalized spacial score (nSPS) is 11.3. The lowest BCUT2D eigenvalue weighted by molar-refractivity contribution is -0.123. The topological polar surface area (TPSA) is 98.5 Å². The Hall–Kier alpha value is -3.93. The highest BCUT2D eigenvalue weighted by Crippen LogP contribution is 2.27. The molecule has 0 radical (unpaired) electrons. The zero-order chi connectivity index (χ0) is 20.8. The lowest BCUT2D eigenvalue weighted by Gasteiger charge is -2.16. The molecule has 146 valence electrons. The number of para-hydroxylation sites is 1. The molecule has 1 atom stereocenters. The summed E-state index contributed by atoms with van der Waals surface area (Å²) in [4.78, 5) is 35.9. The number of hydrogen-bond acceptors (Lipinski definition) is 4. The van der Waals surface area contributed by atoms with Gasteiger partial charge in [0.25, 0.3) is 5.91 Å². The Balaban J connectivity index is 1.68. The van der Waals surface area contributed by atoms with Crippen molar-refractivity contribution in [2.24, 2.45) is 5.73 Å². The van der Waals surface area contributed by atoms with Gasteiger partial charge in [-0.2, -0.15) is 0 Å². The van der Waals surface area contributed by atoms with E-state index in [2.05, 4.69) is 5.32 Å². The molecule has 3 aromatic rings. The number of anilines is 1. The smallest absolute Gasteiger partial charge is 0.338 e. The van der Waals surface area contributed by atoms with E-state index in [4.69, 9.17) is 10.5 Å². The van der Waals surface area contributed by atoms with Crippen molar-refractivity contribution in [2.75, 3.05) is 5.32 Å². The number of carbonyl (C=O) groups excluding carboxylic acids is 3. The maximum Gasteiger partial charge on any atom is 0.338 e. The largest absolute Gasteiger partial charge is 0.449 e. The van der Waals surface area contributed by atoms with Crippen LogP contribution in [0.15, 0.2) is 78.9 Å². The first-order valence-electron chi connectivity index (χ1n) is 9.02. The van der Waals surface area contributed by atoms with Crippen LogP contribution in [0.2, 0.25) is 0 Å². The molecule has 0 fully saturated rings. The highest BCUT2D eigenvalue weighted by Gasteiger charge is 2.20. The van der Waals surface area contributed by atoms with Crippen molar-refractivity contribution >= 4 is 23.5 Å². The van der Waals surface area contributed by atoms with Crippen LogP contribution in [-0.4, -0.2) is 23.9 Å². The quantitative estimate of drug-likeness (QED) is 0.630. The molecule has 29 heavy (non-hydrogen) atoms. The molecule has 0 aromatic heterocycles. The summed E-state index contributed by atoms with van der Waals surface area (Å²) < 4.78 is 5.25. The van der Waals surface area contributed by atoms with E-state index in [1.165, 1.54) is 31.2 Å². The lowest BCUT2D eigenvalue weighted by Crippen LogP contribution is -2.30. The minimum atomic E-state index is -1.01. The second-order valence-corrected chi connectivity index (χ2v) is 6.39. The molecule has 0 bridgehead atoms. The van der Waals surface area contributed by atoms with Crippen molar-refractivity contribution in [1.82, 2.24) is 0 Å². The van der Waals surface area contributed by atoms with Gasteiger partial charge in [-0.1, -0.05) is 48.5 Å². The molecular weight excluding hydrogens is 368 g/mol. The van der Waals surface area contributed by atoms with Gasteiger partial charge < -0.3 is 15.8 Å². The number of primary amides is 1. The highest BCUT2D eigenvalue weighted by atomic mass is 16.5. The molecule has 0 spiro atoms. The number of rotatable bonds is 6. The molecule has 0 saturated carbocycles. The second kappa shape index (κ2) is 8.84. The molecule has 6 nitrogen and oxygen atoms in total. The maximum atomic E-state index is 12.6. The van der Waals surface area contributed by atoms with E-state index in [1.54, 1.807) is 6.07 Å². The van der Waals surface area contributed by atoms with E-state index in [0.29, 0.717) is 5.69 Å². The standard InChI is InChI=1S/C23H20N2O4/c1-15(29-23(28)18-13-11-17(12-14-18)21(24)26)22(27)25-20-10-6-5-9-19(20)16-7-3-2-4-8-16/h2-15H,1H3,(H2,24,26)(H,25,27). The summed E-state index contributed by atoms with van der Waals surface area (Å²) >= 11 is 0. The predicted octanol–water partition coefficient (Wildman–Crippen LogP) is 3.64. The van der Waals surface area contributed by atoms with Gasteiger partial charge in [0.2, 0.25) is 5.91 Å². The summed E-state index contributed by atoms with van der Waals surface area (Å²) in [5.41, 5.74) is 8.13. The van der Waals surface area contributed by atoms with Gasteiger partial charge in [-0.3, -0.25) is 9.59 Å². The van der Waals surface area contributed by atoms with Gasteiger partial charge in [0, 0.05) is 16.8 Å². The fraction of sp³-hybridized carbons (Fsp3) is 0.0870. The minimum Gasteiger partial charge on any atom is -0.449 e. The van der Waals surface area contributed by atoms with Crippen LogP contribution in [-0.2, 0) is 9.53 Å². The molecule has 0 aliphatic rings. The zero-order valence-corrected chi connectivity index (χ0v) is 15.8. The third-order valence-corrected chi connectivity index (χ3v) is 4.33. The van der Waals surface area contributed by atoms with Crippen molar-refractivity contribution in [1.29, 1.82) is 0 Å². The molecule has 0 heterocycles. The van der Waals surface area contributed by atoms with Gasteiger partial charge >= 0.3 is 5.97 Å². The van der Waals surface area contributed by atoms with Crippen LogP contribution in [0.4, 0.5) is 5.69 Å². The Kier molecular flexibility index (Phi) is 6.04.